The number of hydrogen-bond donors (Lipinski definition) is 0. The van der Waals surface area contributed by atoms with Crippen LogP contribution in [0.2, 0.25) is 0 Å². The molecule has 0 N–H and O–H groups in total. The molecule has 0 aliphatic carbocycles. The maximum Gasteiger partial charge on any atom is 0.350 e. The number of ether oxygens (including phenoxy) is 1. The summed E-state index contributed by atoms with van der Waals surface area (Å²) in [6.07, 6.45) is -2.89. The third-order valence-electron chi connectivity index (χ3n) is 1.42. The largest absolute Gasteiger partial charge is 0.462 e. The normalized spacial score (nSPS) is 10.1. The second kappa shape index (κ2) is 4.79. The highest BCUT2D eigenvalue weighted by atomic mass is 32.1. The lowest BCUT2D eigenvalue weighted by atomic mass is 10.4. The van der Waals surface area contributed by atoms with E-state index < -0.39 is 18.1 Å². The molecule has 4 nitrogen and oxygen atoms in total. The topological polar surface area (TPSA) is 63.0 Å². The first-order valence-electron chi connectivity index (χ1n) is 3.96. The van der Waals surface area contributed by atoms with Crippen LogP contribution in [-0.2, 0) is 4.74 Å². The lowest BCUT2D eigenvalue weighted by Gasteiger charge is -2.00. The summed E-state index contributed by atoms with van der Waals surface area (Å²) in [5, 5.41) is 8.30. The van der Waals surface area contributed by atoms with Crippen molar-refractivity contribution in [1.82, 2.24) is 4.98 Å². The van der Waals surface area contributed by atoms with E-state index in [4.69, 9.17) is 5.26 Å². The van der Waals surface area contributed by atoms with E-state index in [0.29, 0.717) is 11.3 Å². The number of halogens is 2. The van der Waals surface area contributed by atoms with Gasteiger partial charge in [0.2, 0.25) is 0 Å². The van der Waals surface area contributed by atoms with Gasteiger partial charge in [-0.2, -0.15) is 5.26 Å². The van der Waals surface area contributed by atoms with E-state index in [1.54, 1.807) is 13.0 Å². The molecule has 1 aromatic rings. The van der Waals surface area contributed by atoms with Gasteiger partial charge < -0.3 is 4.74 Å². The fourth-order valence-electron chi connectivity index (χ4n) is 0.871. The Morgan fingerprint density at radius 2 is 2.40 bits per heavy atom. The molecule has 1 rings (SSSR count). The molecule has 1 heterocycles. The number of aromatic nitrogens is 1. The first-order chi connectivity index (χ1) is 7.10. The fraction of sp³-hybridized carbons (Fsp3) is 0.375. The average molecular weight is 232 g/mol. The van der Waals surface area contributed by atoms with Crippen molar-refractivity contribution < 1.29 is 18.3 Å². The van der Waals surface area contributed by atoms with Gasteiger partial charge in [0.25, 0.3) is 6.43 Å². The van der Waals surface area contributed by atoms with E-state index in [1.165, 1.54) is 0 Å². The Labute approximate surface area is 88.1 Å². The van der Waals surface area contributed by atoms with Crippen LogP contribution in [0.4, 0.5) is 8.78 Å². The van der Waals surface area contributed by atoms with Crippen molar-refractivity contribution in [3.63, 3.8) is 0 Å². The van der Waals surface area contributed by atoms with Crippen molar-refractivity contribution in [2.24, 2.45) is 0 Å². The Kier molecular flexibility index (Phi) is 3.68. The molecule has 0 atom stereocenters. The lowest BCUT2D eigenvalue weighted by molar-refractivity contribution is 0.0521. The predicted molar refractivity (Wildman–Crippen MR) is 47.7 cm³/mol. The van der Waals surface area contributed by atoms with Gasteiger partial charge in [-0.15, -0.1) is 0 Å². The molecular formula is C8H6F2N2O2S. The van der Waals surface area contributed by atoms with E-state index in [1.807, 2.05) is 0 Å². The van der Waals surface area contributed by atoms with E-state index in [2.05, 4.69) is 9.72 Å². The quantitative estimate of drug-likeness (QED) is 0.749. The van der Waals surface area contributed by atoms with Crippen molar-refractivity contribution >= 4 is 17.3 Å². The fourth-order valence-corrected chi connectivity index (χ4v) is 1.64. The molecule has 0 radical (unpaired) electrons. The van der Waals surface area contributed by atoms with E-state index in [-0.39, 0.29) is 16.5 Å². The summed E-state index contributed by atoms with van der Waals surface area (Å²) < 4.78 is 29.4. The minimum atomic E-state index is -2.89. The third-order valence-corrected chi connectivity index (χ3v) is 2.37. The summed E-state index contributed by atoms with van der Waals surface area (Å²) in [5.74, 6) is -0.869. The van der Waals surface area contributed by atoms with Gasteiger partial charge >= 0.3 is 5.97 Å². The standard InChI is InChI=1S/C8H6F2N2O2S/c1-2-14-8(13)6-5(7(9)10)12-4(3-11)15-6/h7H,2H2,1H3. The van der Waals surface area contributed by atoms with Crippen LogP contribution in [0.25, 0.3) is 0 Å². The second-order valence-electron chi connectivity index (χ2n) is 2.37. The van der Waals surface area contributed by atoms with Gasteiger partial charge in [0.05, 0.1) is 6.61 Å². The van der Waals surface area contributed by atoms with Crippen LogP contribution in [0.15, 0.2) is 0 Å². The van der Waals surface area contributed by atoms with Gasteiger partial charge in [-0.05, 0) is 6.92 Å². The van der Waals surface area contributed by atoms with Crippen LogP contribution in [0.3, 0.4) is 0 Å². The molecule has 7 heteroatoms. The van der Waals surface area contributed by atoms with Crippen molar-refractivity contribution in [3.8, 4) is 6.07 Å². The van der Waals surface area contributed by atoms with Crippen LogP contribution in [0.5, 0.6) is 0 Å². The molecule has 0 aliphatic heterocycles. The Morgan fingerprint density at radius 1 is 1.73 bits per heavy atom. The number of carbonyl (C=O) groups excluding carboxylic acids is 1. The van der Waals surface area contributed by atoms with Gasteiger partial charge in [0.1, 0.15) is 16.6 Å². The third kappa shape index (κ3) is 2.47. The number of thiazole rings is 1. The zero-order chi connectivity index (χ0) is 11.4. The van der Waals surface area contributed by atoms with Crippen molar-refractivity contribution in [2.45, 2.75) is 13.3 Å². The Morgan fingerprint density at radius 3 is 2.87 bits per heavy atom. The molecule has 0 amide bonds. The van der Waals surface area contributed by atoms with Gasteiger partial charge in [-0.3, -0.25) is 0 Å². The molecule has 0 bridgehead atoms. The lowest BCUT2D eigenvalue weighted by Crippen LogP contribution is -2.05. The number of hydrogen-bond acceptors (Lipinski definition) is 5. The molecule has 0 aromatic carbocycles. The summed E-state index contributed by atoms with van der Waals surface area (Å²) >= 11 is 0.609. The molecule has 0 fully saturated rings. The first kappa shape index (κ1) is 11.5. The summed E-state index contributed by atoms with van der Waals surface area (Å²) in [7, 11) is 0. The van der Waals surface area contributed by atoms with E-state index >= 15 is 0 Å². The molecule has 0 saturated carbocycles. The Bertz CT molecular complexity index is 411. The van der Waals surface area contributed by atoms with Crippen molar-refractivity contribution in [1.29, 1.82) is 5.26 Å². The summed E-state index contributed by atoms with van der Waals surface area (Å²) in [6, 6.07) is 1.61. The smallest absolute Gasteiger partial charge is 0.350 e. The van der Waals surface area contributed by atoms with Gasteiger partial charge in [0, 0.05) is 0 Å². The predicted octanol–water partition coefficient (Wildman–Crippen LogP) is 2.13. The monoisotopic (exact) mass is 232 g/mol. The SMILES string of the molecule is CCOC(=O)c1sc(C#N)nc1C(F)F. The molecule has 15 heavy (non-hydrogen) atoms. The minimum Gasteiger partial charge on any atom is -0.462 e. The van der Waals surface area contributed by atoms with Gasteiger partial charge in [-0.25, -0.2) is 18.6 Å². The molecule has 0 unspecified atom stereocenters. The highest BCUT2D eigenvalue weighted by Gasteiger charge is 2.25. The van der Waals surface area contributed by atoms with Crippen LogP contribution >= 0.6 is 11.3 Å². The van der Waals surface area contributed by atoms with Crippen LogP contribution in [0.1, 0.15) is 33.7 Å². The van der Waals surface area contributed by atoms with E-state index in [0.717, 1.165) is 0 Å². The summed E-state index contributed by atoms with van der Waals surface area (Å²) in [4.78, 5) is 14.2. The number of nitrogens with zero attached hydrogens (tertiary/aromatic N) is 2. The summed E-state index contributed by atoms with van der Waals surface area (Å²) in [5.41, 5.74) is -0.685. The van der Waals surface area contributed by atoms with Crippen LogP contribution < -0.4 is 0 Å². The zero-order valence-electron chi connectivity index (χ0n) is 7.66. The zero-order valence-corrected chi connectivity index (χ0v) is 8.48. The number of esters is 1. The van der Waals surface area contributed by atoms with Crippen LogP contribution in [0, 0.1) is 11.3 Å². The molecule has 0 saturated heterocycles. The molecule has 0 spiro atoms. The molecule has 80 valence electrons. The number of carbonyl (C=O) groups is 1. The Hall–Kier alpha value is -1.55. The molecule has 0 aliphatic rings. The van der Waals surface area contributed by atoms with Crippen molar-refractivity contribution in [2.75, 3.05) is 6.61 Å². The van der Waals surface area contributed by atoms with Gasteiger partial charge in [-0.1, -0.05) is 11.3 Å². The number of alkyl halides is 2. The maximum absolute atomic E-state index is 12.4. The number of nitriles is 1. The van der Waals surface area contributed by atoms with E-state index in [9.17, 15) is 13.6 Å². The van der Waals surface area contributed by atoms with Crippen LogP contribution in [-0.4, -0.2) is 17.6 Å². The first-order valence-corrected chi connectivity index (χ1v) is 4.77. The average Bonchev–Trinajstić information content (AvgIpc) is 2.61. The maximum atomic E-state index is 12.4. The minimum absolute atomic E-state index is 0.0846. The number of rotatable bonds is 3. The van der Waals surface area contributed by atoms with Gasteiger partial charge in [0.15, 0.2) is 5.01 Å². The van der Waals surface area contributed by atoms with Crippen molar-refractivity contribution in [3.05, 3.63) is 15.6 Å². The second-order valence-corrected chi connectivity index (χ2v) is 3.37. The molecule has 1 aromatic heterocycles. The Balaban J connectivity index is 3.10. The highest BCUT2D eigenvalue weighted by molar-refractivity contribution is 7.14. The highest BCUT2D eigenvalue weighted by Crippen LogP contribution is 2.27. The summed E-state index contributed by atoms with van der Waals surface area (Å²) in [6.45, 7) is 1.65. The molecular weight excluding hydrogens is 226 g/mol.